The molecule has 28 heavy (non-hydrogen) atoms. The predicted octanol–water partition coefficient (Wildman–Crippen LogP) is 5.93. The van der Waals surface area contributed by atoms with E-state index in [9.17, 15) is 14.7 Å². The van der Waals surface area contributed by atoms with E-state index in [-0.39, 0.29) is 11.0 Å². The van der Waals surface area contributed by atoms with E-state index < -0.39 is 5.97 Å². The van der Waals surface area contributed by atoms with Gasteiger partial charge in [0.15, 0.2) is 5.58 Å². The highest BCUT2D eigenvalue weighted by Gasteiger charge is 2.24. The average molecular weight is 413 g/mol. The van der Waals surface area contributed by atoms with Gasteiger partial charge in [0.25, 0.3) is 0 Å². The highest BCUT2D eigenvalue weighted by Crippen LogP contribution is 2.43. The molecule has 2 aliphatic carbocycles. The first kappa shape index (κ1) is 18.1. The molecular formula is C22H20O4S2. The summed E-state index contributed by atoms with van der Waals surface area (Å²) in [6.07, 6.45) is 7.39. The van der Waals surface area contributed by atoms with Gasteiger partial charge in [0.05, 0.1) is 21.2 Å². The number of carboxylic acid groups (broad SMARTS) is 1. The van der Waals surface area contributed by atoms with Gasteiger partial charge in [-0.15, -0.1) is 23.5 Å². The highest BCUT2D eigenvalue weighted by molar-refractivity contribution is 8.00. The summed E-state index contributed by atoms with van der Waals surface area (Å²) in [5.41, 5.74) is 1.03. The smallest absolute Gasteiger partial charge is 0.335 e. The molecule has 1 heterocycles. The summed E-state index contributed by atoms with van der Waals surface area (Å²) >= 11 is 3.66. The number of rotatable bonds is 5. The maximum absolute atomic E-state index is 13.2. The summed E-state index contributed by atoms with van der Waals surface area (Å²) in [6.45, 7) is 0. The molecule has 1 N–H and O–H groups in total. The molecule has 0 spiro atoms. The number of benzene rings is 2. The monoisotopic (exact) mass is 412 g/mol. The van der Waals surface area contributed by atoms with E-state index >= 15 is 0 Å². The molecule has 2 aromatic carbocycles. The van der Waals surface area contributed by atoms with E-state index in [4.69, 9.17) is 4.42 Å². The molecule has 0 amide bonds. The first-order valence-electron chi connectivity index (χ1n) is 9.70. The van der Waals surface area contributed by atoms with Crippen molar-refractivity contribution < 1.29 is 14.3 Å². The van der Waals surface area contributed by atoms with Crippen molar-refractivity contribution in [2.45, 2.75) is 58.8 Å². The topological polar surface area (TPSA) is 67.5 Å². The average Bonchev–Trinajstić information content (AvgIpc) is 2.61. The lowest BCUT2D eigenvalue weighted by atomic mass is 10.00. The fraction of sp³-hybridized carbons (Fsp3) is 0.364. The maximum atomic E-state index is 13.2. The number of fused-ring (bicyclic) bond motifs is 2. The standard InChI is InChI=1S/C22H20O4S2/c23-20-16-9-12(22(24)25)7-8-18(16)26-21-17(20)10-15(27-13-3-1-4-13)11-19(21)28-14-5-2-6-14/h7-11,13-14H,1-6H2,(H,24,25). The van der Waals surface area contributed by atoms with E-state index in [1.165, 1.54) is 50.7 Å². The third-order valence-corrected chi connectivity index (χ3v) is 8.33. The Kier molecular flexibility index (Phi) is 4.63. The molecule has 2 fully saturated rings. The number of hydrogen-bond acceptors (Lipinski definition) is 5. The minimum absolute atomic E-state index is 0.100. The van der Waals surface area contributed by atoms with Gasteiger partial charge in [0.1, 0.15) is 5.58 Å². The van der Waals surface area contributed by atoms with Crippen molar-refractivity contribution in [3.05, 3.63) is 46.1 Å². The Hall–Kier alpha value is -1.92. The van der Waals surface area contributed by atoms with Crippen LogP contribution in [0.3, 0.4) is 0 Å². The maximum Gasteiger partial charge on any atom is 0.335 e. The van der Waals surface area contributed by atoms with Gasteiger partial charge in [-0.1, -0.05) is 12.8 Å². The lowest BCUT2D eigenvalue weighted by Crippen LogP contribution is -2.14. The van der Waals surface area contributed by atoms with Crippen molar-refractivity contribution in [1.29, 1.82) is 0 Å². The third kappa shape index (κ3) is 3.22. The zero-order chi connectivity index (χ0) is 19.3. The van der Waals surface area contributed by atoms with Crippen molar-refractivity contribution in [2.24, 2.45) is 0 Å². The van der Waals surface area contributed by atoms with Crippen molar-refractivity contribution in [1.82, 2.24) is 0 Å². The SMILES string of the molecule is O=C(O)c1ccc2oc3c(SC4CCC4)cc(SC4CCC4)cc3c(=O)c2c1. The number of hydrogen-bond donors (Lipinski definition) is 1. The molecule has 1 aromatic heterocycles. The fourth-order valence-electron chi connectivity index (χ4n) is 3.54. The van der Waals surface area contributed by atoms with Crippen molar-refractivity contribution in [3.63, 3.8) is 0 Å². The molecule has 144 valence electrons. The van der Waals surface area contributed by atoms with Gasteiger partial charge in [-0.05, 0) is 56.0 Å². The summed E-state index contributed by atoms with van der Waals surface area (Å²) in [7, 11) is 0. The normalized spacial score (nSPS) is 17.6. The van der Waals surface area contributed by atoms with Crippen LogP contribution in [0.4, 0.5) is 0 Å². The molecule has 6 heteroatoms. The summed E-state index contributed by atoms with van der Waals surface area (Å²) in [4.78, 5) is 26.7. The van der Waals surface area contributed by atoms with E-state index in [0.29, 0.717) is 32.4 Å². The van der Waals surface area contributed by atoms with E-state index in [2.05, 4.69) is 6.07 Å². The Morgan fingerprint density at radius 2 is 1.68 bits per heavy atom. The number of thioether (sulfide) groups is 2. The number of carbonyl (C=O) groups is 1. The summed E-state index contributed by atoms with van der Waals surface area (Å²) < 4.78 is 6.14. The molecule has 0 atom stereocenters. The zero-order valence-electron chi connectivity index (χ0n) is 15.3. The van der Waals surface area contributed by atoms with Crippen LogP contribution in [0.2, 0.25) is 0 Å². The van der Waals surface area contributed by atoms with Crippen LogP contribution in [-0.4, -0.2) is 21.6 Å². The van der Waals surface area contributed by atoms with Crippen LogP contribution in [0.25, 0.3) is 21.9 Å². The lowest BCUT2D eigenvalue weighted by molar-refractivity contribution is 0.0697. The van der Waals surface area contributed by atoms with Gasteiger partial charge >= 0.3 is 5.97 Å². The van der Waals surface area contributed by atoms with Crippen LogP contribution in [0.15, 0.2) is 49.3 Å². The van der Waals surface area contributed by atoms with Gasteiger partial charge in [0, 0.05) is 15.4 Å². The van der Waals surface area contributed by atoms with Gasteiger partial charge in [-0.2, -0.15) is 0 Å². The van der Waals surface area contributed by atoms with E-state index in [1.807, 2.05) is 29.6 Å². The van der Waals surface area contributed by atoms with Gasteiger partial charge in [0.2, 0.25) is 5.43 Å². The second-order valence-electron chi connectivity index (χ2n) is 7.59. The lowest BCUT2D eigenvalue weighted by Gasteiger charge is -2.26. The molecule has 0 aliphatic heterocycles. The minimum atomic E-state index is -1.04. The van der Waals surface area contributed by atoms with Gasteiger partial charge in [-0.25, -0.2) is 4.79 Å². The van der Waals surface area contributed by atoms with Crippen LogP contribution in [-0.2, 0) is 0 Å². The Morgan fingerprint density at radius 1 is 0.964 bits per heavy atom. The van der Waals surface area contributed by atoms with Crippen LogP contribution in [0.5, 0.6) is 0 Å². The number of aromatic carboxylic acids is 1. The Labute approximate surface area is 170 Å². The second-order valence-corrected chi connectivity index (χ2v) is 10.3. The van der Waals surface area contributed by atoms with Crippen molar-refractivity contribution >= 4 is 51.4 Å². The zero-order valence-corrected chi connectivity index (χ0v) is 16.9. The van der Waals surface area contributed by atoms with Crippen LogP contribution in [0.1, 0.15) is 48.9 Å². The second kappa shape index (κ2) is 7.16. The Morgan fingerprint density at radius 3 is 2.32 bits per heavy atom. The molecule has 0 bridgehead atoms. The first-order valence-corrected chi connectivity index (χ1v) is 11.5. The molecule has 5 rings (SSSR count). The molecule has 4 nitrogen and oxygen atoms in total. The molecule has 0 saturated heterocycles. The van der Waals surface area contributed by atoms with E-state index in [0.717, 1.165) is 9.79 Å². The van der Waals surface area contributed by atoms with Crippen LogP contribution >= 0.6 is 23.5 Å². The predicted molar refractivity (Wildman–Crippen MR) is 114 cm³/mol. The van der Waals surface area contributed by atoms with Crippen LogP contribution in [0, 0.1) is 0 Å². The summed E-state index contributed by atoms with van der Waals surface area (Å²) in [6, 6.07) is 8.61. The quantitative estimate of drug-likeness (QED) is 0.524. The summed E-state index contributed by atoms with van der Waals surface area (Å²) in [5, 5.41) is 11.4. The van der Waals surface area contributed by atoms with Crippen molar-refractivity contribution in [2.75, 3.05) is 0 Å². The largest absolute Gasteiger partial charge is 0.478 e. The molecule has 2 saturated carbocycles. The van der Waals surface area contributed by atoms with E-state index in [1.54, 1.807) is 6.07 Å². The Bertz CT molecular complexity index is 1140. The molecule has 0 unspecified atom stereocenters. The number of carboxylic acids is 1. The highest BCUT2D eigenvalue weighted by atomic mass is 32.2. The Balaban J connectivity index is 1.70. The molecule has 2 aliphatic rings. The summed E-state index contributed by atoms with van der Waals surface area (Å²) in [5.74, 6) is -1.04. The molecular weight excluding hydrogens is 392 g/mol. The first-order chi connectivity index (χ1) is 13.6. The van der Waals surface area contributed by atoms with Crippen molar-refractivity contribution in [3.8, 4) is 0 Å². The molecule has 3 aromatic rings. The van der Waals surface area contributed by atoms with Crippen LogP contribution < -0.4 is 5.43 Å². The van der Waals surface area contributed by atoms with Gasteiger partial charge in [-0.3, -0.25) is 4.79 Å². The third-order valence-electron chi connectivity index (χ3n) is 5.66. The fourth-order valence-corrected chi connectivity index (χ4v) is 6.32. The molecule has 0 radical (unpaired) electrons. The minimum Gasteiger partial charge on any atom is -0.478 e. The van der Waals surface area contributed by atoms with Gasteiger partial charge < -0.3 is 9.52 Å².